The van der Waals surface area contributed by atoms with Crippen molar-refractivity contribution in [3.05, 3.63) is 65.5 Å². The molecule has 0 saturated carbocycles. The molecule has 0 aliphatic carbocycles. The van der Waals surface area contributed by atoms with Crippen LogP contribution in [-0.4, -0.2) is 42.3 Å². The van der Waals surface area contributed by atoms with Gasteiger partial charge in [0.25, 0.3) is 5.91 Å². The lowest BCUT2D eigenvalue weighted by molar-refractivity contribution is -0.124. The normalized spacial score (nSPS) is 10.3. The zero-order valence-electron chi connectivity index (χ0n) is 16.7. The van der Waals surface area contributed by atoms with Gasteiger partial charge in [-0.3, -0.25) is 14.4 Å². The average molecular weight is 399 g/mol. The molecular formula is C22H26FN3O3. The zero-order valence-corrected chi connectivity index (χ0v) is 16.7. The third-order valence-corrected chi connectivity index (χ3v) is 4.28. The monoisotopic (exact) mass is 399 g/mol. The molecule has 2 aromatic rings. The Morgan fingerprint density at radius 3 is 2.24 bits per heavy atom. The smallest absolute Gasteiger partial charge is 0.254 e. The van der Waals surface area contributed by atoms with Crippen LogP contribution in [0.4, 0.5) is 10.1 Å². The number of aryl methyl sites for hydroxylation is 1. The molecular weight excluding hydrogens is 373 g/mol. The van der Waals surface area contributed by atoms with Crippen molar-refractivity contribution in [3.8, 4) is 0 Å². The van der Waals surface area contributed by atoms with Gasteiger partial charge in [-0.05, 0) is 49.7 Å². The molecule has 6 nitrogen and oxygen atoms in total. The van der Waals surface area contributed by atoms with Gasteiger partial charge in [0.2, 0.25) is 11.8 Å². The molecule has 0 aliphatic rings. The molecule has 0 aliphatic heterocycles. The molecule has 29 heavy (non-hydrogen) atoms. The second-order valence-corrected chi connectivity index (χ2v) is 6.78. The third-order valence-electron chi connectivity index (χ3n) is 4.28. The Balaban J connectivity index is 1.89. The summed E-state index contributed by atoms with van der Waals surface area (Å²) in [7, 11) is 0. The van der Waals surface area contributed by atoms with E-state index in [1.807, 2.05) is 26.0 Å². The van der Waals surface area contributed by atoms with Crippen molar-refractivity contribution in [2.75, 3.05) is 25.0 Å². The Morgan fingerprint density at radius 1 is 0.966 bits per heavy atom. The number of amides is 3. The van der Waals surface area contributed by atoms with Crippen molar-refractivity contribution in [1.29, 1.82) is 0 Å². The highest BCUT2D eigenvalue weighted by molar-refractivity contribution is 5.98. The lowest BCUT2D eigenvalue weighted by Gasteiger charge is -2.22. The van der Waals surface area contributed by atoms with E-state index in [9.17, 15) is 18.8 Å². The molecule has 2 rings (SSSR count). The first kappa shape index (κ1) is 22.1. The number of hydrogen-bond acceptors (Lipinski definition) is 3. The van der Waals surface area contributed by atoms with Gasteiger partial charge in [-0.25, -0.2) is 4.39 Å². The van der Waals surface area contributed by atoms with E-state index in [2.05, 4.69) is 10.6 Å². The number of halogens is 1. The van der Waals surface area contributed by atoms with Gasteiger partial charge >= 0.3 is 0 Å². The fourth-order valence-electron chi connectivity index (χ4n) is 2.63. The average Bonchev–Trinajstić information content (AvgIpc) is 2.71. The summed E-state index contributed by atoms with van der Waals surface area (Å²) in [5.74, 6) is -1.57. The maximum atomic E-state index is 13.1. The molecule has 0 aromatic heterocycles. The van der Waals surface area contributed by atoms with Crippen LogP contribution in [0, 0.1) is 12.7 Å². The summed E-state index contributed by atoms with van der Waals surface area (Å²) in [5.41, 5.74) is 2.03. The summed E-state index contributed by atoms with van der Waals surface area (Å²) in [6.45, 7) is 3.96. The van der Waals surface area contributed by atoms with Gasteiger partial charge in [0, 0.05) is 17.8 Å². The lowest BCUT2D eigenvalue weighted by atomic mass is 10.2. The highest BCUT2D eigenvalue weighted by atomic mass is 19.1. The van der Waals surface area contributed by atoms with Crippen molar-refractivity contribution in [1.82, 2.24) is 10.2 Å². The molecule has 0 radical (unpaired) electrons. The van der Waals surface area contributed by atoms with Crippen molar-refractivity contribution in [2.24, 2.45) is 0 Å². The lowest BCUT2D eigenvalue weighted by Crippen LogP contribution is -2.43. The number of nitrogens with one attached hydrogen (secondary N) is 2. The number of carbonyl (C=O) groups is 3. The van der Waals surface area contributed by atoms with Gasteiger partial charge in [0.05, 0.1) is 13.1 Å². The molecule has 0 atom stereocenters. The minimum Gasteiger partial charge on any atom is -0.345 e. The molecule has 0 spiro atoms. The van der Waals surface area contributed by atoms with Gasteiger partial charge in [0.15, 0.2) is 0 Å². The quantitative estimate of drug-likeness (QED) is 0.680. The Kier molecular flexibility index (Phi) is 8.33. The van der Waals surface area contributed by atoms with Crippen molar-refractivity contribution < 1.29 is 18.8 Å². The number of benzene rings is 2. The highest BCUT2D eigenvalue weighted by Crippen LogP contribution is 2.09. The Bertz CT molecular complexity index is 835. The second kappa shape index (κ2) is 10.9. The first-order valence-corrected chi connectivity index (χ1v) is 9.57. The second-order valence-electron chi connectivity index (χ2n) is 6.78. The molecule has 3 amide bonds. The van der Waals surface area contributed by atoms with Gasteiger partial charge in [-0.1, -0.05) is 31.0 Å². The van der Waals surface area contributed by atoms with Crippen LogP contribution in [0.2, 0.25) is 0 Å². The van der Waals surface area contributed by atoms with Crippen molar-refractivity contribution in [2.45, 2.75) is 26.7 Å². The maximum Gasteiger partial charge on any atom is 0.254 e. The maximum absolute atomic E-state index is 13.1. The van der Waals surface area contributed by atoms with Gasteiger partial charge in [-0.15, -0.1) is 0 Å². The number of nitrogens with zero attached hydrogens (tertiary/aromatic N) is 1. The minimum absolute atomic E-state index is 0.173. The number of carbonyl (C=O) groups excluding carboxylic acids is 3. The fraction of sp³-hybridized carbons (Fsp3) is 0.318. The van der Waals surface area contributed by atoms with E-state index < -0.39 is 11.7 Å². The van der Waals surface area contributed by atoms with Crippen LogP contribution in [0.1, 0.15) is 35.7 Å². The molecule has 0 unspecified atom stereocenters. The summed E-state index contributed by atoms with van der Waals surface area (Å²) in [4.78, 5) is 38.3. The highest BCUT2D eigenvalue weighted by Gasteiger charge is 2.19. The molecule has 2 N–H and O–H groups in total. The van der Waals surface area contributed by atoms with Crippen LogP contribution < -0.4 is 10.6 Å². The summed E-state index contributed by atoms with van der Waals surface area (Å²) in [6.07, 6.45) is 1.59. The van der Waals surface area contributed by atoms with Crippen LogP contribution >= 0.6 is 0 Å². The number of anilines is 1. The van der Waals surface area contributed by atoms with Crippen LogP contribution in [0.3, 0.4) is 0 Å². The molecule has 0 saturated heterocycles. The van der Waals surface area contributed by atoms with E-state index in [0.717, 1.165) is 18.4 Å². The van der Waals surface area contributed by atoms with Crippen molar-refractivity contribution in [3.63, 3.8) is 0 Å². The Labute approximate surface area is 170 Å². The van der Waals surface area contributed by atoms with Gasteiger partial charge < -0.3 is 15.5 Å². The van der Waals surface area contributed by atoms with E-state index in [1.165, 1.54) is 29.2 Å². The molecule has 0 bridgehead atoms. The topological polar surface area (TPSA) is 78.5 Å². The Morgan fingerprint density at radius 2 is 1.62 bits per heavy atom. The first-order valence-electron chi connectivity index (χ1n) is 9.57. The van der Waals surface area contributed by atoms with E-state index in [0.29, 0.717) is 17.8 Å². The summed E-state index contributed by atoms with van der Waals surface area (Å²) in [5, 5.41) is 5.23. The zero-order chi connectivity index (χ0) is 21.2. The summed E-state index contributed by atoms with van der Waals surface area (Å²) >= 11 is 0. The predicted molar refractivity (Wildman–Crippen MR) is 110 cm³/mol. The van der Waals surface area contributed by atoms with Crippen LogP contribution in [0.5, 0.6) is 0 Å². The van der Waals surface area contributed by atoms with E-state index in [4.69, 9.17) is 0 Å². The minimum atomic E-state index is -0.435. The molecule has 0 heterocycles. The summed E-state index contributed by atoms with van der Waals surface area (Å²) < 4.78 is 13.1. The fourth-order valence-corrected chi connectivity index (χ4v) is 2.63. The van der Waals surface area contributed by atoms with Gasteiger partial charge in [0.1, 0.15) is 5.82 Å². The largest absolute Gasteiger partial charge is 0.345 e. The standard InChI is InChI=1S/C22H26FN3O3/c1-3-4-13-26(22(29)17-7-9-18(23)10-8-17)15-21(28)24-14-20(27)25-19-11-5-16(2)6-12-19/h5-12H,3-4,13-15H2,1-2H3,(H,24,28)(H,25,27). The third kappa shape index (κ3) is 7.37. The number of hydrogen-bond donors (Lipinski definition) is 2. The van der Waals surface area contributed by atoms with E-state index in [1.54, 1.807) is 12.1 Å². The number of rotatable bonds is 9. The molecule has 7 heteroatoms. The summed E-state index contributed by atoms with van der Waals surface area (Å²) in [6, 6.07) is 12.5. The molecule has 2 aromatic carbocycles. The van der Waals surface area contributed by atoms with E-state index >= 15 is 0 Å². The van der Waals surface area contributed by atoms with Crippen LogP contribution in [-0.2, 0) is 9.59 Å². The van der Waals surface area contributed by atoms with Gasteiger partial charge in [-0.2, -0.15) is 0 Å². The Hall–Kier alpha value is -3.22. The van der Waals surface area contributed by atoms with Crippen molar-refractivity contribution >= 4 is 23.4 Å². The SMILES string of the molecule is CCCCN(CC(=O)NCC(=O)Nc1ccc(C)cc1)C(=O)c1ccc(F)cc1. The van der Waals surface area contributed by atoms with Crippen LogP contribution in [0.25, 0.3) is 0 Å². The van der Waals surface area contributed by atoms with Crippen LogP contribution in [0.15, 0.2) is 48.5 Å². The molecule has 154 valence electrons. The first-order chi connectivity index (χ1) is 13.9. The number of unbranched alkanes of at least 4 members (excludes halogenated alkanes) is 1. The molecule has 0 fully saturated rings. The predicted octanol–water partition coefficient (Wildman–Crippen LogP) is 3.13. The van der Waals surface area contributed by atoms with E-state index in [-0.39, 0.29) is 24.9 Å².